The summed E-state index contributed by atoms with van der Waals surface area (Å²) in [4.78, 5) is 12.6. The molecular formula is C22H26O3. The average molecular weight is 338 g/mol. The molecule has 0 unspecified atom stereocenters. The molecule has 0 saturated heterocycles. The van der Waals surface area contributed by atoms with E-state index in [0.717, 1.165) is 16.7 Å². The van der Waals surface area contributed by atoms with Gasteiger partial charge in [0.25, 0.3) is 0 Å². The molecule has 1 aliphatic heterocycles. The maximum atomic E-state index is 12.6. The van der Waals surface area contributed by atoms with Crippen molar-refractivity contribution in [2.75, 3.05) is 0 Å². The van der Waals surface area contributed by atoms with E-state index < -0.39 is 5.92 Å². The molecule has 0 spiro atoms. The van der Waals surface area contributed by atoms with Crippen LogP contribution in [-0.4, -0.2) is 11.1 Å². The minimum atomic E-state index is -0.584. The van der Waals surface area contributed by atoms with Gasteiger partial charge in [-0.25, -0.2) is 0 Å². The van der Waals surface area contributed by atoms with E-state index in [4.69, 9.17) is 4.74 Å². The summed E-state index contributed by atoms with van der Waals surface area (Å²) >= 11 is 0. The molecule has 1 atom stereocenters. The van der Waals surface area contributed by atoms with Crippen molar-refractivity contribution in [1.29, 1.82) is 0 Å². The summed E-state index contributed by atoms with van der Waals surface area (Å²) < 4.78 is 5.47. The van der Waals surface area contributed by atoms with Gasteiger partial charge in [-0.3, -0.25) is 4.79 Å². The molecule has 1 aliphatic rings. The summed E-state index contributed by atoms with van der Waals surface area (Å²) in [6.07, 6.45) is 0. The highest BCUT2D eigenvalue weighted by Gasteiger charge is 2.37. The maximum Gasteiger partial charge on any atom is 0.323 e. The van der Waals surface area contributed by atoms with Crippen LogP contribution < -0.4 is 4.74 Å². The molecular weight excluding hydrogens is 312 g/mol. The monoisotopic (exact) mass is 338 g/mol. The second-order valence-electron chi connectivity index (χ2n) is 8.88. The largest absolute Gasteiger partial charge is 0.508 e. The van der Waals surface area contributed by atoms with Crippen LogP contribution in [0.15, 0.2) is 36.4 Å². The Bertz CT molecular complexity index is 835. The molecule has 0 aromatic heterocycles. The zero-order valence-corrected chi connectivity index (χ0v) is 15.8. The second kappa shape index (κ2) is 5.62. The average Bonchev–Trinajstić information content (AvgIpc) is 2.80. The van der Waals surface area contributed by atoms with Crippen molar-refractivity contribution in [3.8, 4) is 11.5 Å². The number of fused-ring (bicyclic) bond motifs is 1. The van der Waals surface area contributed by atoms with Gasteiger partial charge in [-0.15, -0.1) is 0 Å². The molecule has 0 bridgehead atoms. The minimum absolute atomic E-state index is 0.0273. The molecule has 3 nitrogen and oxygen atoms in total. The third kappa shape index (κ3) is 3.15. The fraction of sp³-hybridized carbons (Fsp3) is 0.409. The van der Waals surface area contributed by atoms with Crippen molar-refractivity contribution in [2.24, 2.45) is 0 Å². The van der Waals surface area contributed by atoms with Gasteiger partial charge in [0.1, 0.15) is 17.4 Å². The number of esters is 1. The number of hydrogen-bond acceptors (Lipinski definition) is 3. The number of benzene rings is 2. The molecule has 132 valence electrons. The van der Waals surface area contributed by atoms with E-state index in [9.17, 15) is 9.90 Å². The van der Waals surface area contributed by atoms with Crippen molar-refractivity contribution in [3.63, 3.8) is 0 Å². The highest BCUT2D eigenvalue weighted by atomic mass is 16.5. The lowest BCUT2D eigenvalue weighted by atomic mass is 9.81. The zero-order chi connectivity index (χ0) is 18.6. The van der Waals surface area contributed by atoms with E-state index in [1.165, 1.54) is 0 Å². The van der Waals surface area contributed by atoms with Gasteiger partial charge in [0.2, 0.25) is 0 Å². The maximum absolute atomic E-state index is 12.6. The Kier molecular flexibility index (Phi) is 3.94. The summed E-state index contributed by atoms with van der Waals surface area (Å²) in [6, 6.07) is 11.4. The first-order valence-electron chi connectivity index (χ1n) is 8.68. The molecule has 0 aliphatic carbocycles. The van der Waals surface area contributed by atoms with Gasteiger partial charge in [-0.05, 0) is 34.1 Å². The van der Waals surface area contributed by atoms with Crippen molar-refractivity contribution in [1.82, 2.24) is 0 Å². The molecule has 0 amide bonds. The van der Waals surface area contributed by atoms with Gasteiger partial charge in [0.15, 0.2) is 0 Å². The quantitative estimate of drug-likeness (QED) is 0.585. The SMILES string of the molecule is CC(C)(C)c1ccc(O)c([C@@H]2C(=O)Oc3ccc(C(C)(C)C)cc32)c1. The van der Waals surface area contributed by atoms with Crippen molar-refractivity contribution in [3.05, 3.63) is 58.7 Å². The van der Waals surface area contributed by atoms with Gasteiger partial charge in [-0.2, -0.15) is 0 Å². The Morgan fingerprint density at radius 1 is 0.840 bits per heavy atom. The highest BCUT2D eigenvalue weighted by Crippen LogP contribution is 2.44. The van der Waals surface area contributed by atoms with E-state index in [1.807, 2.05) is 30.3 Å². The van der Waals surface area contributed by atoms with Crippen LogP contribution in [0.25, 0.3) is 0 Å². The number of phenolic OH excluding ortho intramolecular Hbond substituents is 1. The van der Waals surface area contributed by atoms with Crippen LogP contribution >= 0.6 is 0 Å². The van der Waals surface area contributed by atoms with Crippen LogP contribution in [0, 0.1) is 0 Å². The van der Waals surface area contributed by atoms with Crippen LogP contribution in [0.2, 0.25) is 0 Å². The number of phenols is 1. The van der Waals surface area contributed by atoms with Crippen LogP contribution in [0.4, 0.5) is 0 Å². The topological polar surface area (TPSA) is 46.5 Å². The third-order valence-corrected chi connectivity index (χ3v) is 4.84. The highest BCUT2D eigenvalue weighted by molar-refractivity contribution is 5.90. The van der Waals surface area contributed by atoms with Crippen molar-refractivity contribution in [2.45, 2.75) is 58.3 Å². The van der Waals surface area contributed by atoms with Crippen LogP contribution in [0.3, 0.4) is 0 Å². The number of aromatic hydroxyl groups is 1. The normalized spacial score (nSPS) is 17.4. The van der Waals surface area contributed by atoms with E-state index in [1.54, 1.807) is 6.07 Å². The lowest BCUT2D eigenvalue weighted by molar-refractivity contribution is -0.133. The summed E-state index contributed by atoms with van der Waals surface area (Å²) in [5, 5.41) is 10.4. The zero-order valence-electron chi connectivity index (χ0n) is 15.8. The molecule has 3 heteroatoms. The fourth-order valence-electron chi connectivity index (χ4n) is 3.17. The summed E-state index contributed by atoms with van der Waals surface area (Å²) in [6.45, 7) is 12.8. The molecule has 1 N–H and O–H groups in total. The van der Waals surface area contributed by atoms with Crippen molar-refractivity contribution < 1.29 is 14.6 Å². The standard InChI is InChI=1S/C22H26O3/c1-21(2,3)13-7-9-17(23)15(11-13)19-16-12-14(22(4,5)6)8-10-18(16)25-20(19)24/h7-12,19,23H,1-6H3/t19-/m0/s1. The first-order valence-corrected chi connectivity index (χ1v) is 8.68. The molecule has 1 heterocycles. The Morgan fingerprint density at radius 3 is 1.92 bits per heavy atom. The van der Waals surface area contributed by atoms with E-state index in [0.29, 0.717) is 11.3 Å². The van der Waals surface area contributed by atoms with E-state index in [-0.39, 0.29) is 22.5 Å². The molecule has 0 saturated carbocycles. The minimum Gasteiger partial charge on any atom is -0.508 e. The Balaban J connectivity index is 2.16. The number of hydrogen-bond donors (Lipinski definition) is 1. The molecule has 0 fully saturated rings. The summed E-state index contributed by atoms with van der Waals surface area (Å²) in [5.41, 5.74) is 3.57. The molecule has 25 heavy (non-hydrogen) atoms. The number of ether oxygens (including phenoxy) is 1. The molecule has 2 aromatic rings. The second-order valence-corrected chi connectivity index (χ2v) is 8.88. The lowest BCUT2D eigenvalue weighted by Gasteiger charge is -2.22. The first kappa shape index (κ1) is 17.5. The molecule has 3 rings (SSSR count). The first-order chi connectivity index (χ1) is 11.5. The van der Waals surface area contributed by atoms with Crippen LogP contribution in [-0.2, 0) is 15.6 Å². The van der Waals surface area contributed by atoms with E-state index in [2.05, 4.69) is 41.5 Å². The van der Waals surface area contributed by atoms with Crippen LogP contribution in [0.1, 0.15) is 69.7 Å². The third-order valence-electron chi connectivity index (χ3n) is 4.84. The Morgan fingerprint density at radius 2 is 1.36 bits per heavy atom. The van der Waals surface area contributed by atoms with Gasteiger partial charge in [0, 0.05) is 11.1 Å². The number of carbonyl (C=O) groups is 1. The van der Waals surface area contributed by atoms with Gasteiger partial charge < -0.3 is 9.84 Å². The summed E-state index contributed by atoms with van der Waals surface area (Å²) in [5.74, 6) is -0.199. The van der Waals surface area contributed by atoms with Gasteiger partial charge >= 0.3 is 5.97 Å². The molecule has 0 radical (unpaired) electrons. The van der Waals surface area contributed by atoms with Gasteiger partial charge in [0.05, 0.1) is 0 Å². The fourth-order valence-corrected chi connectivity index (χ4v) is 3.17. The summed E-state index contributed by atoms with van der Waals surface area (Å²) in [7, 11) is 0. The number of rotatable bonds is 1. The smallest absolute Gasteiger partial charge is 0.323 e. The Hall–Kier alpha value is -2.29. The predicted octanol–water partition coefficient (Wildman–Crippen LogP) is 5.04. The van der Waals surface area contributed by atoms with Crippen LogP contribution in [0.5, 0.6) is 11.5 Å². The number of carbonyl (C=O) groups excluding carboxylic acids is 1. The Labute approximate surface area is 149 Å². The predicted molar refractivity (Wildman–Crippen MR) is 99.4 cm³/mol. The van der Waals surface area contributed by atoms with Gasteiger partial charge in [-0.1, -0.05) is 65.8 Å². The molecule has 2 aromatic carbocycles. The lowest BCUT2D eigenvalue weighted by Crippen LogP contribution is -2.16. The van der Waals surface area contributed by atoms with E-state index >= 15 is 0 Å². The van der Waals surface area contributed by atoms with Crippen molar-refractivity contribution >= 4 is 5.97 Å².